The van der Waals surface area contributed by atoms with Crippen molar-refractivity contribution in [2.75, 3.05) is 18.1 Å². The van der Waals surface area contributed by atoms with E-state index in [0.29, 0.717) is 5.92 Å². The summed E-state index contributed by atoms with van der Waals surface area (Å²) < 4.78 is 0. The minimum atomic E-state index is -0.135. The SMILES string of the molecule is CC(CO)CSCC(O)CC1CCCC1. The zero-order valence-corrected chi connectivity index (χ0v) is 10.5. The van der Waals surface area contributed by atoms with Gasteiger partial charge in [0.05, 0.1) is 6.10 Å². The first kappa shape index (κ1) is 13.3. The molecule has 1 saturated carbocycles. The lowest BCUT2D eigenvalue weighted by atomic mass is 10.0. The number of hydrogen-bond acceptors (Lipinski definition) is 3. The first-order valence-corrected chi connectivity index (χ1v) is 7.24. The molecular formula is C12H24O2S. The number of hydrogen-bond donors (Lipinski definition) is 2. The van der Waals surface area contributed by atoms with Crippen molar-refractivity contribution in [3.63, 3.8) is 0 Å². The van der Waals surface area contributed by atoms with Gasteiger partial charge in [-0.25, -0.2) is 0 Å². The lowest BCUT2D eigenvalue weighted by Gasteiger charge is -2.15. The average Bonchev–Trinajstić information content (AvgIpc) is 2.70. The highest BCUT2D eigenvalue weighted by atomic mass is 32.2. The van der Waals surface area contributed by atoms with Crippen LogP contribution in [-0.2, 0) is 0 Å². The second-order valence-electron chi connectivity index (χ2n) is 4.87. The molecule has 1 rings (SSSR count). The molecule has 0 heterocycles. The molecule has 0 aromatic rings. The minimum absolute atomic E-state index is 0.135. The minimum Gasteiger partial charge on any atom is -0.396 e. The molecule has 1 aliphatic carbocycles. The van der Waals surface area contributed by atoms with E-state index in [9.17, 15) is 5.11 Å². The van der Waals surface area contributed by atoms with Crippen molar-refractivity contribution >= 4 is 11.8 Å². The summed E-state index contributed by atoms with van der Waals surface area (Å²) in [5.41, 5.74) is 0. The summed E-state index contributed by atoms with van der Waals surface area (Å²) in [5, 5.41) is 18.7. The van der Waals surface area contributed by atoms with Crippen molar-refractivity contribution in [2.24, 2.45) is 11.8 Å². The Labute approximate surface area is 97.5 Å². The second-order valence-corrected chi connectivity index (χ2v) is 5.94. The Morgan fingerprint density at radius 2 is 1.93 bits per heavy atom. The molecule has 0 spiro atoms. The van der Waals surface area contributed by atoms with E-state index in [-0.39, 0.29) is 12.7 Å². The molecule has 90 valence electrons. The molecular weight excluding hydrogens is 208 g/mol. The Kier molecular flexibility index (Phi) is 6.69. The summed E-state index contributed by atoms with van der Waals surface area (Å²) >= 11 is 1.77. The standard InChI is InChI=1S/C12H24O2S/c1-10(7-13)8-15-9-12(14)6-11-4-2-3-5-11/h10-14H,2-9H2,1H3. The van der Waals surface area contributed by atoms with Gasteiger partial charge < -0.3 is 10.2 Å². The van der Waals surface area contributed by atoms with Crippen molar-refractivity contribution in [2.45, 2.75) is 45.1 Å². The van der Waals surface area contributed by atoms with Crippen molar-refractivity contribution in [1.29, 1.82) is 0 Å². The first-order chi connectivity index (χ1) is 7.22. The van der Waals surface area contributed by atoms with Gasteiger partial charge in [-0.05, 0) is 24.0 Å². The van der Waals surface area contributed by atoms with Gasteiger partial charge >= 0.3 is 0 Å². The van der Waals surface area contributed by atoms with Gasteiger partial charge in [-0.2, -0.15) is 11.8 Å². The van der Waals surface area contributed by atoms with Crippen LogP contribution < -0.4 is 0 Å². The van der Waals surface area contributed by atoms with Crippen LogP contribution in [0.5, 0.6) is 0 Å². The monoisotopic (exact) mass is 232 g/mol. The van der Waals surface area contributed by atoms with Crippen LogP contribution in [-0.4, -0.2) is 34.4 Å². The summed E-state index contributed by atoms with van der Waals surface area (Å²) in [6.45, 7) is 2.29. The highest BCUT2D eigenvalue weighted by Crippen LogP contribution is 2.29. The van der Waals surface area contributed by atoms with E-state index in [1.807, 2.05) is 6.92 Å². The van der Waals surface area contributed by atoms with Gasteiger partial charge in [-0.3, -0.25) is 0 Å². The van der Waals surface area contributed by atoms with Gasteiger partial charge in [0, 0.05) is 12.4 Å². The fourth-order valence-electron chi connectivity index (χ4n) is 2.16. The maximum Gasteiger partial charge on any atom is 0.0633 e. The van der Waals surface area contributed by atoms with Crippen LogP contribution in [0.3, 0.4) is 0 Å². The van der Waals surface area contributed by atoms with Crippen LogP contribution in [0.25, 0.3) is 0 Å². The molecule has 2 N–H and O–H groups in total. The third kappa shape index (κ3) is 5.79. The molecule has 0 saturated heterocycles. The summed E-state index contributed by atoms with van der Waals surface area (Å²) in [4.78, 5) is 0. The van der Waals surface area contributed by atoms with Gasteiger partial charge in [0.1, 0.15) is 0 Å². The van der Waals surface area contributed by atoms with Gasteiger partial charge in [0.25, 0.3) is 0 Å². The molecule has 1 aliphatic rings. The predicted molar refractivity (Wildman–Crippen MR) is 66.2 cm³/mol. The zero-order valence-electron chi connectivity index (χ0n) is 9.69. The largest absolute Gasteiger partial charge is 0.396 e. The molecule has 0 radical (unpaired) electrons. The maximum absolute atomic E-state index is 9.81. The molecule has 0 aliphatic heterocycles. The third-order valence-electron chi connectivity index (χ3n) is 3.10. The molecule has 2 nitrogen and oxygen atoms in total. The quantitative estimate of drug-likeness (QED) is 0.707. The van der Waals surface area contributed by atoms with E-state index in [0.717, 1.165) is 23.8 Å². The van der Waals surface area contributed by atoms with Crippen molar-refractivity contribution < 1.29 is 10.2 Å². The fourth-order valence-corrected chi connectivity index (χ4v) is 3.21. The van der Waals surface area contributed by atoms with Gasteiger partial charge in [-0.1, -0.05) is 32.6 Å². The first-order valence-electron chi connectivity index (χ1n) is 6.09. The van der Waals surface area contributed by atoms with Gasteiger partial charge in [0.15, 0.2) is 0 Å². The van der Waals surface area contributed by atoms with Gasteiger partial charge in [0.2, 0.25) is 0 Å². The van der Waals surface area contributed by atoms with Crippen molar-refractivity contribution in [1.82, 2.24) is 0 Å². The highest BCUT2D eigenvalue weighted by Gasteiger charge is 2.18. The van der Waals surface area contributed by atoms with E-state index in [2.05, 4.69) is 0 Å². The molecule has 1 fully saturated rings. The zero-order chi connectivity index (χ0) is 11.1. The molecule has 3 heteroatoms. The molecule has 2 atom stereocenters. The highest BCUT2D eigenvalue weighted by molar-refractivity contribution is 7.99. The van der Waals surface area contributed by atoms with Crippen LogP contribution in [0.4, 0.5) is 0 Å². The maximum atomic E-state index is 9.81. The Morgan fingerprint density at radius 1 is 1.27 bits per heavy atom. The van der Waals surface area contributed by atoms with Crippen LogP contribution >= 0.6 is 11.8 Å². The lowest BCUT2D eigenvalue weighted by Crippen LogP contribution is -2.16. The van der Waals surface area contributed by atoms with E-state index in [1.165, 1.54) is 25.7 Å². The summed E-state index contributed by atoms with van der Waals surface area (Å²) in [7, 11) is 0. The summed E-state index contributed by atoms with van der Waals surface area (Å²) in [6, 6.07) is 0. The van der Waals surface area contributed by atoms with Gasteiger partial charge in [-0.15, -0.1) is 0 Å². The van der Waals surface area contributed by atoms with E-state index in [1.54, 1.807) is 11.8 Å². The molecule has 0 aromatic carbocycles. The van der Waals surface area contributed by atoms with E-state index < -0.39 is 0 Å². The van der Waals surface area contributed by atoms with E-state index >= 15 is 0 Å². The third-order valence-corrected chi connectivity index (χ3v) is 4.53. The van der Waals surface area contributed by atoms with Crippen LogP contribution in [0, 0.1) is 11.8 Å². The van der Waals surface area contributed by atoms with Crippen molar-refractivity contribution in [3.8, 4) is 0 Å². The smallest absolute Gasteiger partial charge is 0.0633 e. The normalized spacial score (nSPS) is 21.8. The average molecular weight is 232 g/mol. The Morgan fingerprint density at radius 3 is 2.53 bits per heavy atom. The second kappa shape index (κ2) is 7.53. The number of aliphatic hydroxyl groups is 2. The molecule has 2 unspecified atom stereocenters. The van der Waals surface area contributed by atoms with Crippen LogP contribution in [0.15, 0.2) is 0 Å². The Bertz CT molecular complexity index is 158. The molecule has 15 heavy (non-hydrogen) atoms. The number of thioether (sulfide) groups is 1. The number of rotatable bonds is 7. The number of aliphatic hydroxyl groups excluding tert-OH is 2. The van der Waals surface area contributed by atoms with E-state index in [4.69, 9.17) is 5.11 Å². The van der Waals surface area contributed by atoms with Crippen LogP contribution in [0.2, 0.25) is 0 Å². The molecule has 0 amide bonds. The van der Waals surface area contributed by atoms with Crippen molar-refractivity contribution in [3.05, 3.63) is 0 Å². The lowest BCUT2D eigenvalue weighted by molar-refractivity contribution is 0.165. The topological polar surface area (TPSA) is 40.5 Å². The molecule has 0 bridgehead atoms. The fraction of sp³-hybridized carbons (Fsp3) is 1.00. The Hall–Kier alpha value is 0.270. The van der Waals surface area contributed by atoms with Crippen LogP contribution in [0.1, 0.15) is 39.0 Å². The summed E-state index contributed by atoms with van der Waals surface area (Å²) in [6.07, 6.45) is 6.19. The Balaban J connectivity index is 2.00. The summed E-state index contributed by atoms with van der Waals surface area (Å²) in [5.74, 6) is 2.92. The molecule has 0 aromatic heterocycles. The predicted octanol–water partition coefficient (Wildman–Crippen LogP) is 2.29.